The molecule has 1 saturated carbocycles. The normalized spacial score (nSPS) is 26.1. The van der Waals surface area contributed by atoms with Gasteiger partial charge in [0.15, 0.2) is 0 Å². The molecular formula is C11H22ClNO2. The van der Waals surface area contributed by atoms with Gasteiger partial charge in [0.05, 0.1) is 5.92 Å². The second-order valence-electron chi connectivity index (χ2n) is 4.64. The molecular weight excluding hydrogens is 214 g/mol. The van der Waals surface area contributed by atoms with Crippen molar-refractivity contribution in [1.82, 2.24) is 5.32 Å². The number of carbonyl (C=O) groups is 1. The average Bonchev–Trinajstić information content (AvgIpc) is 2.15. The smallest absolute Gasteiger partial charge is 0.308 e. The Morgan fingerprint density at radius 1 is 1.40 bits per heavy atom. The van der Waals surface area contributed by atoms with Crippen LogP contribution in [0.5, 0.6) is 0 Å². The first-order chi connectivity index (χ1) is 6.61. The Kier molecular flexibility index (Phi) is 6.94. The van der Waals surface area contributed by atoms with Gasteiger partial charge >= 0.3 is 5.97 Å². The van der Waals surface area contributed by atoms with Crippen molar-refractivity contribution < 1.29 is 9.90 Å². The molecule has 2 N–H and O–H groups in total. The number of aliphatic carboxylic acids is 1. The Balaban J connectivity index is 0.00000196. The molecule has 1 aliphatic carbocycles. The quantitative estimate of drug-likeness (QED) is 0.786. The van der Waals surface area contributed by atoms with Gasteiger partial charge in [0.1, 0.15) is 0 Å². The molecule has 1 aliphatic rings. The third kappa shape index (κ3) is 4.85. The first-order valence-electron chi connectivity index (χ1n) is 5.57. The fraction of sp³-hybridized carbons (Fsp3) is 0.909. The van der Waals surface area contributed by atoms with Crippen LogP contribution in [0.2, 0.25) is 0 Å². The monoisotopic (exact) mass is 235 g/mol. The maximum absolute atomic E-state index is 11.0. The maximum Gasteiger partial charge on any atom is 0.308 e. The zero-order chi connectivity index (χ0) is 10.6. The molecule has 0 radical (unpaired) electrons. The molecule has 0 heterocycles. The van der Waals surface area contributed by atoms with E-state index in [0.29, 0.717) is 5.92 Å². The molecule has 2 unspecified atom stereocenters. The zero-order valence-corrected chi connectivity index (χ0v) is 10.3. The van der Waals surface area contributed by atoms with Crippen molar-refractivity contribution in [2.45, 2.75) is 45.6 Å². The molecule has 0 aromatic heterocycles. The van der Waals surface area contributed by atoms with Crippen LogP contribution in [0, 0.1) is 11.8 Å². The van der Waals surface area contributed by atoms with Crippen molar-refractivity contribution in [3.63, 3.8) is 0 Å². The summed E-state index contributed by atoms with van der Waals surface area (Å²) in [5.74, 6) is -0.208. The van der Waals surface area contributed by atoms with E-state index in [1.807, 2.05) is 0 Å². The van der Waals surface area contributed by atoms with Gasteiger partial charge in [-0.2, -0.15) is 0 Å². The standard InChI is InChI=1S/C11H21NO2.ClH/c1-8(2)7-12-10-6-4-3-5-9(10)11(13)14;/h8-10,12H,3-7H2,1-2H3,(H,13,14);1H. The van der Waals surface area contributed by atoms with E-state index in [9.17, 15) is 4.79 Å². The third-order valence-corrected chi connectivity index (χ3v) is 2.87. The molecule has 0 amide bonds. The summed E-state index contributed by atoms with van der Waals surface area (Å²) in [6.07, 6.45) is 4.09. The minimum Gasteiger partial charge on any atom is -0.481 e. The first kappa shape index (κ1) is 14.7. The fourth-order valence-electron chi connectivity index (χ4n) is 2.06. The molecule has 1 fully saturated rings. The van der Waals surface area contributed by atoms with Crippen molar-refractivity contribution in [2.24, 2.45) is 11.8 Å². The maximum atomic E-state index is 11.0. The molecule has 4 heteroatoms. The molecule has 1 rings (SSSR count). The Hall–Kier alpha value is -0.280. The minimum atomic E-state index is -0.633. The van der Waals surface area contributed by atoms with Crippen molar-refractivity contribution >= 4 is 18.4 Å². The van der Waals surface area contributed by atoms with E-state index in [2.05, 4.69) is 19.2 Å². The zero-order valence-electron chi connectivity index (χ0n) is 9.53. The summed E-state index contributed by atoms with van der Waals surface area (Å²) in [4.78, 5) is 11.0. The van der Waals surface area contributed by atoms with Crippen LogP contribution in [0.1, 0.15) is 39.5 Å². The third-order valence-electron chi connectivity index (χ3n) is 2.87. The van der Waals surface area contributed by atoms with E-state index >= 15 is 0 Å². The van der Waals surface area contributed by atoms with E-state index < -0.39 is 5.97 Å². The van der Waals surface area contributed by atoms with Gasteiger partial charge in [0.2, 0.25) is 0 Å². The first-order valence-corrected chi connectivity index (χ1v) is 5.57. The van der Waals surface area contributed by atoms with Crippen LogP contribution in [0.25, 0.3) is 0 Å². The molecule has 15 heavy (non-hydrogen) atoms. The van der Waals surface area contributed by atoms with Crippen LogP contribution in [-0.2, 0) is 4.79 Å². The van der Waals surface area contributed by atoms with Crippen LogP contribution in [0.3, 0.4) is 0 Å². The topological polar surface area (TPSA) is 49.3 Å². The van der Waals surface area contributed by atoms with Crippen molar-refractivity contribution in [2.75, 3.05) is 6.54 Å². The highest BCUT2D eigenvalue weighted by Crippen LogP contribution is 2.24. The number of carboxylic acid groups (broad SMARTS) is 1. The van der Waals surface area contributed by atoms with Gasteiger partial charge in [0.25, 0.3) is 0 Å². The van der Waals surface area contributed by atoms with Crippen LogP contribution >= 0.6 is 12.4 Å². The van der Waals surface area contributed by atoms with Crippen LogP contribution in [-0.4, -0.2) is 23.7 Å². The summed E-state index contributed by atoms with van der Waals surface area (Å²) in [6.45, 7) is 5.21. The lowest BCUT2D eigenvalue weighted by Gasteiger charge is -2.30. The molecule has 90 valence electrons. The summed E-state index contributed by atoms with van der Waals surface area (Å²) in [6, 6.07) is 0.198. The summed E-state index contributed by atoms with van der Waals surface area (Å²) in [7, 11) is 0. The second-order valence-corrected chi connectivity index (χ2v) is 4.64. The van der Waals surface area contributed by atoms with E-state index in [4.69, 9.17) is 5.11 Å². The summed E-state index contributed by atoms with van der Waals surface area (Å²) in [5.41, 5.74) is 0. The van der Waals surface area contributed by atoms with Gasteiger partial charge in [-0.25, -0.2) is 0 Å². The average molecular weight is 236 g/mol. The molecule has 2 atom stereocenters. The molecule has 0 spiro atoms. The Morgan fingerprint density at radius 3 is 2.53 bits per heavy atom. The van der Waals surface area contributed by atoms with Gasteiger partial charge in [0, 0.05) is 6.04 Å². The van der Waals surface area contributed by atoms with Crippen molar-refractivity contribution in [3.8, 4) is 0 Å². The summed E-state index contributed by atoms with van der Waals surface area (Å²) < 4.78 is 0. The number of halogens is 1. The molecule has 3 nitrogen and oxygen atoms in total. The molecule has 0 aromatic rings. The summed E-state index contributed by atoms with van der Waals surface area (Å²) >= 11 is 0. The van der Waals surface area contributed by atoms with Crippen molar-refractivity contribution in [1.29, 1.82) is 0 Å². The number of carboxylic acids is 1. The number of hydrogen-bond donors (Lipinski definition) is 2. The predicted molar refractivity (Wildman–Crippen MR) is 63.5 cm³/mol. The van der Waals surface area contributed by atoms with E-state index in [-0.39, 0.29) is 24.4 Å². The van der Waals surface area contributed by atoms with Gasteiger partial charge in [-0.1, -0.05) is 26.7 Å². The SMILES string of the molecule is CC(C)CNC1CCCCC1C(=O)O.Cl. The Bertz CT molecular complexity index is 197. The number of nitrogens with one attached hydrogen (secondary N) is 1. The number of rotatable bonds is 4. The van der Waals surface area contributed by atoms with Crippen molar-refractivity contribution in [3.05, 3.63) is 0 Å². The van der Waals surface area contributed by atoms with Gasteiger partial charge in [-0.05, 0) is 25.3 Å². The Morgan fingerprint density at radius 2 is 2.00 bits per heavy atom. The van der Waals surface area contributed by atoms with E-state index in [0.717, 1.165) is 25.8 Å². The fourth-order valence-corrected chi connectivity index (χ4v) is 2.06. The molecule has 0 aliphatic heterocycles. The molecule has 0 aromatic carbocycles. The predicted octanol–water partition coefficient (Wildman–Crippen LogP) is 2.30. The Labute approximate surface area is 98.0 Å². The molecule has 0 saturated heterocycles. The summed E-state index contributed by atoms with van der Waals surface area (Å²) in [5, 5.41) is 12.4. The van der Waals surface area contributed by atoms with Crippen LogP contribution in [0.4, 0.5) is 0 Å². The van der Waals surface area contributed by atoms with Crippen LogP contribution < -0.4 is 5.32 Å². The highest BCUT2D eigenvalue weighted by molar-refractivity contribution is 5.85. The van der Waals surface area contributed by atoms with Gasteiger partial charge in [-0.15, -0.1) is 12.4 Å². The largest absolute Gasteiger partial charge is 0.481 e. The number of hydrogen-bond acceptors (Lipinski definition) is 2. The lowest BCUT2D eigenvalue weighted by Crippen LogP contribution is -2.43. The van der Waals surface area contributed by atoms with Crippen LogP contribution in [0.15, 0.2) is 0 Å². The minimum absolute atomic E-state index is 0. The highest BCUT2D eigenvalue weighted by atomic mass is 35.5. The van der Waals surface area contributed by atoms with E-state index in [1.165, 1.54) is 6.42 Å². The van der Waals surface area contributed by atoms with E-state index in [1.54, 1.807) is 0 Å². The van der Waals surface area contributed by atoms with Gasteiger partial charge in [-0.3, -0.25) is 4.79 Å². The second kappa shape index (κ2) is 7.07. The lowest BCUT2D eigenvalue weighted by molar-refractivity contribution is -0.143. The van der Waals surface area contributed by atoms with Gasteiger partial charge < -0.3 is 10.4 Å². The highest BCUT2D eigenvalue weighted by Gasteiger charge is 2.30. The lowest BCUT2D eigenvalue weighted by atomic mass is 9.84. The molecule has 0 bridgehead atoms.